The predicted octanol–water partition coefficient (Wildman–Crippen LogP) is 3.52. The summed E-state index contributed by atoms with van der Waals surface area (Å²) in [7, 11) is 2.08. The van der Waals surface area contributed by atoms with Gasteiger partial charge in [-0.3, -0.25) is 4.99 Å². The molecule has 3 heteroatoms. The van der Waals surface area contributed by atoms with Crippen LogP contribution in [0.2, 0.25) is 0 Å². The Morgan fingerprint density at radius 3 is 3.00 bits per heavy atom. The lowest BCUT2D eigenvalue weighted by Crippen LogP contribution is -2.30. The Balaban J connectivity index is 1.87. The third-order valence-electron chi connectivity index (χ3n) is 4.93. The normalized spacial score (nSPS) is 21.7. The van der Waals surface area contributed by atoms with Crippen molar-refractivity contribution in [3.8, 4) is 11.3 Å². The monoisotopic (exact) mass is 289 g/mol. The molecule has 3 nitrogen and oxygen atoms in total. The molecule has 3 aromatic rings. The number of aryl methyl sites for hydroxylation is 2. The first-order chi connectivity index (χ1) is 10.7. The maximum atomic E-state index is 6.36. The number of aromatic nitrogens is 1. The van der Waals surface area contributed by atoms with Crippen molar-refractivity contribution < 1.29 is 8.98 Å². The topological polar surface area (TPSA) is 29.4 Å². The van der Waals surface area contributed by atoms with Crippen LogP contribution in [0.15, 0.2) is 45.9 Å². The van der Waals surface area contributed by atoms with Crippen molar-refractivity contribution in [3.05, 3.63) is 53.4 Å². The lowest BCUT2D eigenvalue weighted by Gasteiger charge is -2.05. The molecule has 0 saturated heterocycles. The van der Waals surface area contributed by atoms with E-state index in [9.17, 15) is 0 Å². The molecule has 1 fully saturated rings. The highest BCUT2D eigenvalue weighted by Gasteiger charge is 2.45. The van der Waals surface area contributed by atoms with Gasteiger partial charge in [-0.25, -0.2) is 4.57 Å². The van der Waals surface area contributed by atoms with Crippen molar-refractivity contribution in [3.63, 3.8) is 0 Å². The van der Waals surface area contributed by atoms with Gasteiger partial charge in [-0.05, 0) is 25.0 Å². The summed E-state index contributed by atoms with van der Waals surface area (Å²) in [5.74, 6) is 1.64. The minimum Gasteiger partial charge on any atom is -0.459 e. The molecule has 2 unspecified atom stereocenters. The van der Waals surface area contributed by atoms with E-state index in [1.165, 1.54) is 27.8 Å². The summed E-state index contributed by atoms with van der Waals surface area (Å²) < 4.78 is 8.51. The Morgan fingerprint density at radius 2 is 2.14 bits per heavy atom. The Morgan fingerprint density at radius 1 is 1.23 bits per heavy atom. The second-order valence-electron chi connectivity index (χ2n) is 6.40. The van der Waals surface area contributed by atoms with E-state index < -0.39 is 0 Å². The van der Waals surface area contributed by atoms with E-state index in [-0.39, 0.29) is 0 Å². The number of aliphatic imine (C=N–C) groups is 1. The van der Waals surface area contributed by atoms with Gasteiger partial charge >= 0.3 is 0 Å². The Labute approximate surface area is 128 Å². The summed E-state index contributed by atoms with van der Waals surface area (Å²) in [4.78, 5) is 4.62. The van der Waals surface area contributed by atoms with Gasteiger partial charge in [-0.2, -0.15) is 0 Å². The van der Waals surface area contributed by atoms with Crippen LogP contribution in [0.5, 0.6) is 0 Å². The third kappa shape index (κ3) is 1.51. The first-order valence-corrected chi connectivity index (χ1v) is 7.78. The van der Waals surface area contributed by atoms with Gasteiger partial charge < -0.3 is 4.42 Å². The molecule has 1 aliphatic heterocycles. The van der Waals surface area contributed by atoms with Crippen LogP contribution in [-0.2, 0) is 7.05 Å². The summed E-state index contributed by atoms with van der Waals surface area (Å²) in [6.07, 6.45) is 5.23. The van der Waals surface area contributed by atoms with Gasteiger partial charge in [0, 0.05) is 35.2 Å². The molecule has 2 atom stereocenters. The molecule has 1 aliphatic carbocycles. The van der Waals surface area contributed by atoms with Crippen LogP contribution < -0.4 is 4.57 Å². The van der Waals surface area contributed by atoms with Gasteiger partial charge in [0.15, 0.2) is 6.20 Å². The van der Waals surface area contributed by atoms with Crippen LogP contribution in [-0.4, -0.2) is 12.3 Å². The average Bonchev–Trinajstić information content (AvgIpc) is 3.22. The highest BCUT2D eigenvalue weighted by Crippen LogP contribution is 2.50. The molecule has 1 aromatic carbocycles. The number of rotatable bonds is 1. The smallest absolute Gasteiger partial charge is 0.216 e. The molecule has 0 radical (unpaired) electrons. The van der Waals surface area contributed by atoms with E-state index in [2.05, 4.69) is 54.0 Å². The molecule has 0 spiro atoms. The SMILES string of the molecule is Cc1ccc2c3c(oc2c1-c1cccc[n+]1C)C1CC1N=C3. The zero-order chi connectivity index (χ0) is 14.8. The maximum Gasteiger partial charge on any atom is 0.216 e. The fraction of sp³-hybridized carbons (Fsp3) is 0.263. The average molecular weight is 289 g/mol. The summed E-state index contributed by atoms with van der Waals surface area (Å²) in [5, 5.41) is 1.19. The third-order valence-corrected chi connectivity index (χ3v) is 4.93. The minimum atomic E-state index is 0.463. The van der Waals surface area contributed by atoms with Crippen LogP contribution in [0.3, 0.4) is 0 Å². The van der Waals surface area contributed by atoms with Gasteiger partial charge in [0.25, 0.3) is 0 Å². The summed E-state index contributed by atoms with van der Waals surface area (Å²) >= 11 is 0. The first-order valence-electron chi connectivity index (χ1n) is 7.78. The molecule has 2 aromatic heterocycles. The number of hydrogen-bond acceptors (Lipinski definition) is 2. The van der Waals surface area contributed by atoms with Crippen molar-refractivity contribution in [1.82, 2.24) is 0 Å². The van der Waals surface area contributed by atoms with E-state index in [1.807, 2.05) is 12.3 Å². The van der Waals surface area contributed by atoms with E-state index >= 15 is 0 Å². The van der Waals surface area contributed by atoms with Gasteiger partial charge in [0.05, 0.1) is 11.6 Å². The van der Waals surface area contributed by atoms with E-state index in [1.54, 1.807) is 0 Å². The molecule has 3 heterocycles. The molecule has 108 valence electrons. The Kier molecular flexibility index (Phi) is 2.25. The number of fused-ring (bicyclic) bond motifs is 5. The van der Waals surface area contributed by atoms with Crippen LogP contribution in [0.4, 0.5) is 0 Å². The van der Waals surface area contributed by atoms with Gasteiger partial charge in [0.2, 0.25) is 5.69 Å². The first kappa shape index (κ1) is 12.2. The van der Waals surface area contributed by atoms with Gasteiger partial charge in [0.1, 0.15) is 18.4 Å². The fourth-order valence-electron chi connectivity index (χ4n) is 3.61. The van der Waals surface area contributed by atoms with Gasteiger partial charge in [-0.1, -0.05) is 12.1 Å². The predicted molar refractivity (Wildman–Crippen MR) is 86.3 cm³/mol. The molecule has 1 saturated carbocycles. The molecule has 5 rings (SSSR count). The maximum absolute atomic E-state index is 6.36. The largest absolute Gasteiger partial charge is 0.459 e. The van der Waals surface area contributed by atoms with E-state index in [4.69, 9.17) is 4.42 Å². The lowest BCUT2D eigenvalue weighted by atomic mass is 9.99. The van der Waals surface area contributed by atoms with Crippen molar-refractivity contribution in [2.75, 3.05) is 0 Å². The number of nitrogens with zero attached hydrogens (tertiary/aromatic N) is 2. The zero-order valence-corrected chi connectivity index (χ0v) is 12.7. The van der Waals surface area contributed by atoms with Crippen LogP contribution in [0, 0.1) is 6.92 Å². The second kappa shape index (κ2) is 4.07. The Hall–Kier alpha value is -2.42. The number of furan rings is 1. The van der Waals surface area contributed by atoms with Crippen molar-refractivity contribution in [2.24, 2.45) is 12.0 Å². The molecule has 0 N–H and O–H groups in total. The molecule has 22 heavy (non-hydrogen) atoms. The Bertz CT molecular complexity index is 951. The standard InChI is InChI=1S/C19H17N2O/c1-11-6-7-12-14-10-20-15-9-13(15)18(14)22-19(12)17(11)16-5-3-4-8-21(16)2/h3-8,10,13,15H,9H2,1-2H3/q+1. The molecule has 0 amide bonds. The van der Waals surface area contributed by atoms with Crippen LogP contribution >= 0.6 is 0 Å². The number of hydrogen-bond donors (Lipinski definition) is 0. The minimum absolute atomic E-state index is 0.463. The van der Waals surface area contributed by atoms with Crippen molar-refractivity contribution in [2.45, 2.75) is 25.3 Å². The second-order valence-corrected chi connectivity index (χ2v) is 6.40. The summed E-state index contributed by atoms with van der Waals surface area (Å²) in [5.41, 5.74) is 5.81. The molecular formula is C19H17N2O+. The highest BCUT2D eigenvalue weighted by atomic mass is 16.3. The summed E-state index contributed by atoms with van der Waals surface area (Å²) in [6.45, 7) is 2.15. The molecular weight excluding hydrogens is 272 g/mol. The molecule has 0 bridgehead atoms. The lowest BCUT2D eigenvalue weighted by molar-refractivity contribution is -0.660. The summed E-state index contributed by atoms with van der Waals surface area (Å²) in [6, 6.07) is 11.1. The van der Waals surface area contributed by atoms with E-state index in [0.29, 0.717) is 12.0 Å². The quantitative estimate of drug-likeness (QED) is 0.630. The fourth-order valence-corrected chi connectivity index (χ4v) is 3.61. The molecule has 2 aliphatic rings. The van der Waals surface area contributed by atoms with Crippen molar-refractivity contribution >= 4 is 17.2 Å². The van der Waals surface area contributed by atoms with Crippen molar-refractivity contribution in [1.29, 1.82) is 0 Å². The van der Waals surface area contributed by atoms with Crippen LogP contribution in [0.25, 0.3) is 22.2 Å². The van der Waals surface area contributed by atoms with Gasteiger partial charge in [-0.15, -0.1) is 0 Å². The van der Waals surface area contributed by atoms with E-state index in [0.717, 1.165) is 17.8 Å². The number of pyridine rings is 1. The highest BCUT2D eigenvalue weighted by molar-refractivity contribution is 6.05. The zero-order valence-electron chi connectivity index (χ0n) is 12.7. The van der Waals surface area contributed by atoms with Crippen LogP contribution in [0.1, 0.15) is 29.2 Å². The number of benzene rings is 1.